The van der Waals surface area contributed by atoms with Crippen molar-refractivity contribution in [2.24, 2.45) is 0 Å². The number of thiazole rings is 1. The molecule has 4 rings (SSSR count). The fraction of sp³-hybridized carbons (Fsp3) is 0.120. The average molecular weight is 461 g/mol. The van der Waals surface area contributed by atoms with Crippen molar-refractivity contribution in [3.05, 3.63) is 112 Å². The van der Waals surface area contributed by atoms with Crippen molar-refractivity contribution in [1.82, 2.24) is 14.9 Å². The fourth-order valence-electron chi connectivity index (χ4n) is 3.23. The number of hydrogen-bond donors (Lipinski definition) is 1. The van der Waals surface area contributed by atoms with Crippen LogP contribution in [0.25, 0.3) is 0 Å². The molecule has 166 valence electrons. The first-order chi connectivity index (χ1) is 16.0. The average Bonchev–Trinajstić information content (AvgIpc) is 3.33. The van der Waals surface area contributed by atoms with Gasteiger partial charge >= 0.3 is 0 Å². The van der Waals surface area contributed by atoms with Gasteiger partial charge in [0, 0.05) is 43.7 Å². The molecule has 4 aromatic rings. The summed E-state index contributed by atoms with van der Waals surface area (Å²) in [5.74, 6) is -0.743. The van der Waals surface area contributed by atoms with E-state index in [1.165, 1.54) is 34.6 Å². The van der Waals surface area contributed by atoms with Crippen LogP contribution in [-0.2, 0) is 13.1 Å². The Morgan fingerprint density at radius 3 is 2.55 bits per heavy atom. The summed E-state index contributed by atoms with van der Waals surface area (Å²) in [5.41, 5.74) is 2.65. The van der Waals surface area contributed by atoms with Gasteiger partial charge in [-0.05, 0) is 41.5 Å². The number of carbonyl (C=O) groups is 2. The molecule has 33 heavy (non-hydrogen) atoms. The van der Waals surface area contributed by atoms with E-state index in [1.807, 2.05) is 12.1 Å². The van der Waals surface area contributed by atoms with Crippen molar-refractivity contribution in [1.29, 1.82) is 0 Å². The number of pyridine rings is 1. The Bertz CT molecular complexity index is 1260. The van der Waals surface area contributed by atoms with Crippen LogP contribution in [0.3, 0.4) is 0 Å². The van der Waals surface area contributed by atoms with Crippen molar-refractivity contribution in [2.45, 2.75) is 13.1 Å². The quantitative estimate of drug-likeness (QED) is 0.383. The molecule has 0 aliphatic rings. The van der Waals surface area contributed by atoms with Crippen molar-refractivity contribution >= 4 is 28.2 Å². The third-order valence-electron chi connectivity index (χ3n) is 4.95. The van der Waals surface area contributed by atoms with Gasteiger partial charge in [0.15, 0.2) is 5.13 Å². The second-order valence-electron chi connectivity index (χ2n) is 7.44. The summed E-state index contributed by atoms with van der Waals surface area (Å²) in [6.07, 6.45) is 5.01. The van der Waals surface area contributed by atoms with Gasteiger partial charge in [-0.25, -0.2) is 9.37 Å². The molecule has 0 unspecified atom stereocenters. The second kappa shape index (κ2) is 10.1. The van der Waals surface area contributed by atoms with Gasteiger partial charge in [0.2, 0.25) is 5.78 Å². The van der Waals surface area contributed by atoms with Gasteiger partial charge in [-0.3, -0.25) is 14.6 Å². The number of carbonyl (C=O) groups excluding carboxylic acids is 2. The zero-order valence-corrected chi connectivity index (χ0v) is 18.7. The number of halogens is 1. The molecule has 1 N–H and O–H groups in total. The summed E-state index contributed by atoms with van der Waals surface area (Å²) in [7, 11) is 1.67. The van der Waals surface area contributed by atoms with Gasteiger partial charge in [0.05, 0.1) is 11.1 Å². The van der Waals surface area contributed by atoms with Gasteiger partial charge in [-0.2, -0.15) is 0 Å². The van der Waals surface area contributed by atoms with E-state index in [0.717, 1.165) is 11.1 Å². The molecular weight excluding hydrogens is 439 g/mol. The summed E-state index contributed by atoms with van der Waals surface area (Å²) in [6, 6.07) is 16.5. The summed E-state index contributed by atoms with van der Waals surface area (Å²) >= 11 is 1.26. The number of nitrogens with zero attached hydrogens (tertiary/aromatic N) is 3. The number of rotatable bonds is 8. The van der Waals surface area contributed by atoms with Gasteiger partial charge in [-0.15, -0.1) is 0 Å². The molecule has 2 heterocycles. The Morgan fingerprint density at radius 2 is 1.79 bits per heavy atom. The first-order valence-electron chi connectivity index (χ1n) is 10.2. The lowest BCUT2D eigenvalue weighted by molar-refractivity contribution is 0.0785. The molecule has 6 nitrogen and oxygen atoms in total. The van der Waals surface area contributed by atoms with Crippen LogP contribution in [0.4, 0.5) is 9.52 Å². The van der Waals surface area contributed by atoms with E-state index < -0.39 is 0 Å². The molecule has 2 aromatic heterocycles. The lowest BCUT2D eigenvalue weighted by Gasteiger charge is -2.17. The maximum atomic E-state index is 13.1. The number of anilines is 1. The lowest BCUT2D eigenvalue weighted by Crippen LogP contribution is -2.26. The van der Waals surface area contributed by atoms with Crippen molar-refractivity contribution < 1.29 is 14.0 Å². The topological polar surface area (TPSA) is 75.2 Å². The number of nitrogens with one attached hydrogen (secondary N) is 1. The van der Waals surface area contributed by atoms with Crippen LogP contribution in [-0.4, -0.2) is 33.6 Å². The largest absolute Gasteiger partial charge is 0.357 e. The van der Waals surface area contributed by atoms with E-state index >= 15 is 0 Å². The van der Waals surface area contributed by atoms with Gasteiger partial charge in [-0.1, -0.05) is 41.7 Å². The minimum atomic E-state index is -0.322. The summed E-state index contributed by atoms with van der Waals surface area (Å²) < 4.78 is 13.1. The maximum Gasteiger partial charge on any atom is 0.253 e. The van der Waals surface area contributed by atoms with Gasteiger partial charge in [0.25, 0.3) is 5.91 Å². The van der Waals surface area contributed by atoms with E-state index in [1.54, 1.807) is 55.8 Å². The monoisotopic (exact) mass is 460 g/mol. The minimum absolute atomic E-state index is 0.197. The molecular formula is C25H21FN4O2S. The number of benzene rings is 2. The Labute approximate surface area is 194 Å². The van der Waals surface area contributed by atoms with Crippen LogP contribution >= 0.6 is 11.3 Å². The molecule has 0 fully saturated rings. The van der Waals surface area contributed by atoms with Crippen molar-refractivity contribution in [2.75, 3.05) is 12.4 Å². The highest BCUT2D eigenvalue weighted by Crippen LogP contribution is 2.22. The molecule has 0 aliphatic heterocycles. The lowest BCUT2D eigenvalue weighted by atomic mass is 10.1. The molecule has 0 aliphatic carbocycles. The number of amides is 1. The number of aromatic nitrogens is 2. The first kappa shape index (κ1) is 22.3. The Morgan fingerprint density at radius 1 is 1.00 bits per heavy atom. The fourth-order valence-corrected chi connectivity index (χ4v) is 4.01. The minimum Gasteiger partial charge on any atom is -0.357 e. The molecule has 0 saturated carbocycles. The molecule has 0 atom stereocenters. The zero-order valence-electron chi connectivity index (χ0n) is 17.9. The van der Waals surface area contributed by atoms with Crippen LogP contribution in [0, 0.1) is 5.82 Å². The van der Waals surface area contributed by atoms with Gasteiger partial charge < -0.3 is 10.2 Å². The normalized spacial score (nSPS) is 10.6. The zero-order chi connectivity index (χ0) is 23.2. The van der Waals surface area contributed by atoms with Crippen molar-refractivity contribution in [3.63, 3.8) is 0 Å². The Hall–Kier alpha value is -3.91. The van der Waals surface area contributed by atoms with Crippen LogP contribution in [0.5, 0.6) is 0 Å². The maximum absolute atomic E-state index is 13.1. The molecule has 0 spiro atoms. The third kappa shape index (κ3) is 5.67. The van der Waals surface area contributed by atoms with Crippen molar-refractivity contribution in [3.8, 4) is 0 Å². The van der Waals surface area contributed by atoms with E-state index in [2.05, 4.69) is 15.3 Å². The van der Waals surface area contributed by atoms with Crippen LogP contribution < -0.4 is 5.32 Å². The number of ketones is 1. The smallest absolute Gasteiger partial charge is 0.253 e. The number of hydrogen-bond acceptors (Lipinski definition) is 6. The van der Waals surface area contributed by atoms with Gasteiger partial charge in [0.1, 0.15) is 5.82 Å². The molecule has 1 amide bonds. The highest BCUT2D eigenvalue weighted by molar-refractivity contribution is 7.17. The predicted molar refractivity (Wildman–Crippen MR) is 126 cm³/mol. The highest BCUT2D eigenvalue weighted by Gasteiger charge is 2.17. The Kier molecular flexibility index (Phi) is 6.85. The molecule has 2 aromatic carbocycles. The Balaban J connectivity index is 1.42. The third-order valence-corrected chi connectivity index (χ3v) is 5.90. The van der Waals surface area contributed by atoms with E-state index in [4.69, 9.17) is 0 Å². The summed E-state index contributed by atoms with van der Waals surface area (Å²) in [4.78, 5) is 36.2. The standard InChI is InChI=1S/C25H21FN4O2S/c1-30(16-17-7-9-21(26)10-8-17)24(32)20-6-2-5-19(12-20)23(31)22-15-29-25(33-22)28-14-18-4-3-11-27-13-18/h2-13,15H,14,16H2,1H3,(H,28,29). The summed E-state index contributed by atoms with van der Waals surface area (Å²) in [5, 5.41) is 3.82. The first-order valence-corrected chi connectivity index (χ1v) is 11.0. The molecule has 0 radical (unpaired) electrons. The predicted octanol–water partition coefficient (Wildman–Crippen LogP) is 4.79. The van der Waals surface area contributed by atoms with E-state index in [0.29, 0.717) is 34.2 Å². The molecule has 8 heteroatoms. The SMILES string of the molecule is CN(Cc1ccc(F)cc1)C(=O)c1cccc(C(=O)c2cnc(NCc3cccnc3)s2)c1. The van der Waals surface area contributed by atoms with Crippen LogP contribution in [0.2, 0.25) is 0 Å². The van der Waals surface area contributed by atoms with Crippen LogP contribution in [0.15, 0.2) is 79.3 Å². The van der Waals surface area contributed by atoms with E-state index in [-0.39, 0.29) is 17.5 Å². The highest BCUT2D eigenvalue weighted by atomic mass is 32.1. The second-order valence-corrected chi connectivity index (χ2v) is 8.47. The summed E-state index contributed by atoms with van der Waals surface area (Å²) in [6.45, 7) is 0.886. The molecule has 0 saturated heterocycles. The van der Waals surface area contributed by atoms with Crippen LogP contribution in [0.1, 0.15) is 36.7 Å². The molecule has 0 bridgehead atoms. The van der Waals surface area contributed by atoms with E-state index in [9.17, 15) is 14.0 Å².